The Morgan fingerprint density at radius 1 is 1.00 bits per heavy atom. The van der Waals surface area contributed by atoms with Gasteiger partial charge in [0.05, 0.1) is 34.5 Å². The van der Waals surface area contributed by atoms with E-state index in [1.807, 2.05) is 40.1 Å². The highest BCUT2D eigenvalue weighted by Crippen LogP contribution is 2.39. The second-order valence-corrected chi connectivity index (χ2v) is 9.35. The minimum absolute atomic E-state index is 0.0132. The second kappa shape index (κ2) is 7.98. The lowest BCUT2D eigenvalue weighted by atomic mass is 10.2. The van der Waals surface area contributed by atoms with Crippen molar-refractivity contribution < 1.29 is 18.5 Å². The van der Waals surface area contributed by atoms with Gasteiger partial charge in [-0.15, -0.1) is 0 Å². The number of carbonyl (C=O) groups is 1. The zero-order valence-electron chi connectivity index (χ0n) is 17.2. The van der Waals surface area contributed by atoms with Gasteiger partial charge < -0.3 is 19.3 Å². The van der Waals surface area contributed by atoms with Gasteiger partial charge in [0.15, 0.2) is 11.5 Å². The van der Waals surface area contributed by atoms with Crippen LogP contribution in [0, 0.1) is 0 Å². The van der Waals surface area contributed by atoms with Crippen LogP contribution in [0.1, 0.15) is 10.4 Å². The molecule has 2 aromatic rings. The molecule has 4 rings (SSSR count). The molecule has 158 valence electrons. The number of rotatable bonds is 3. The van der Waals surface area contributed by atoms with Crippen molar-refractivity contribution in [3.63, 3.8) is 0 Å². The Morgan fingerprint density at radius 2 is 1.63 bits per heavy atom. The maximum Gasteiger partial charge on any atom is 0.253 e. The average molecular weight is 429 g/mol. The summed E-state index contributed by atoms with van der Waals surface area (Å²) < 4.78 is 28.4. The lowest BCUT2D eigenvalue weighted by molar-refractivity contribution is 0.0691. The summed E-state index contributed by atoms with van der Waals surface area (Å²) >= 11 is 0. The molecule has 8 nitrogen and oxygen atoms in total. The van der Waals surface area contributed by atoms with Crippen LogP contribution in [0.15, 0.2) is 56.7 Å². The number of benzene rings is 2. The number of carbonyl (C=O) groups excluding carboxylic acids is 1. The van der Waals surface area contributed by atoms with Crippen molar-refractivity contribution in [1.29, 1.82) is 0 Å². The molecule has 0 saturated carbocycles. The lowest BCUT2D eigenvalue weighted by Gasteiger charge is -2.36. The summed E-state index contributed by atoms with van der Waals surface area (Å²) in [5.74, 6) is 1.45. The molecular formula is C21H24N4O4S. The van der Waals surface area contributed by atoms with Crippen molar-refractivity contribution in [2.24, 2.45) is 9.36 Å². The van der Waals surface area contributed by atoms with E-state index in [1.54, 1.807) is 25.5 Å². The Hall–Kier alpha value is -3.07. The molecule has 1 fully saturated rings. The molecule has 0 aliphatic carbocycles. The number of ether oxygens (including phenoxy) is 2. The molecule has 2 heterocycles. The van der Waals surface area contributed by atoms with E-state index in [1.165, 1.54) is 7.11 Å². The SMILES string of the molecule is COc1cc2c(cc1OC)S(C)(=O)=NC(N1CCN(C(=O)c3ccccc3)CC1)=N2. The van der Waals surface area contributed by atoms with Crippen molar-refractivity contribution in [2.45, 2.75) is 4.90 Å². The molecule has 9 heteroatoms. The first-order chi connectivity index (χ1) is 14.4. The van der Waals surface area contributed by atoms with Gasteiger partial charge in [-0.2, -0.15) is 4.36 Å². The zero-order valence-corrected chi connectivity index (χ0v) is 18.0. The normalized spacial score (nSPS) is 20.7. The predicted molar refractivity (Wildman–Crippen MR) is 115 cm³/mol. The molecule has 0 aromatic heterocycles. The van der Waals surface area contributed by atoms with E-state index in [0.717, 1.165) is 0 Å². The van der Waals surface area contributed by atoms with Gasteiger partial charge in [-0.25, -0.2) is 9.20 Å². The van der Waals surface area contributed by atoms with Crippen LogP contribution >= 0.6 is 0 Å². The van der Waals surface area contributed by atoms with Gasteiger partial charge in [0, 0.05) is 50.1 Å². The van der Waals surface area contributed by atoms with E-state index in [9.17, 15) is 9.00 Å². The maximum absolute atomic E-state index is 13.3. The summed E-state index contributed by atoms with van der Waals surface area (Å²) in [6, 6.07) is 12.6. The third-order valence-corrected chi connectivity index (χ3v) is 6.87. The van der Waals surface area contributed by atoms with Crippen LogP contribution in [0.4, 0.5) is 5.69 Å². The van der Waals surface area contributed by atoms with Crippen LogP contribution in [-0.2, 0) is 9.73 Å². The molecule has 0 spiro atoms. The highest BCUT2D eigenvalue weighted by molar-refractivity contribution is 7.93. The number of amides is 1. The molecule has 2 aliphatic rings. The number of hydrogen-bond acceptors (Lipinski definition) is 7. The quantitative estimate of drug-likeness (QED) is 0.750. The number of nitrogens with zero attached hydrogens (tertiary/aromatic N) is 4. The van der Waals surface area contributed by atoms with Crippen LogP contribution < -0.4 is 9.47 Å². The first-order valence-electron chi connectivity index (χ1n) is 9.59. The molecule has 0 bridgehead atoms. The van der Waals surface area contributed by atoms with E-state index in [4.69, 9.17) is 9.47 Å². The van der Waals surface area contributed by atoms with Crippen molar-refractivity contribution in [3.8, 4) is 11.5 Å². The number of piperazine rings is 1. The number of aliphatic imine (C=N–C) groups is 1. The fraction of sp³-hybridized carbons (Fsp3) is 0.333. The molecular weight excluding hydrogens is 404 g/mol. The van der Waals surface area contributed by atoms with Crippen LogP contribution in [-0.4, -0.2) is 72.5 Å². The van der Waals surface area contributed by atoms with E-state index in [-0.39, 0.29) is 5.91 Å². The summed E-state index contributed by atoms with van der Waals surface area (Å²) in [6.07, 6.45) is 1.60. The van der Waals surface area contributed by atoms with Gasteiger partial charge in [0.25, 0.3) is 5.91 Å². The minimum Gasteiger partial charge on any atom is -0.493 e. The molecule has 0 N–H and O–H groups in total. The second-order valence-electron chi connectivity index (χ2n) is 7.13. The first kappa shape index (κ1) is 20.2. The van der Waals surface area contributed by atoms with E-state index < -0.39 is 9.73 Å². The van der Waals surface area contributed by atoms with Gasteiger partial charge >= 0.3 is 0 Å². The molecule has 2 aromatic carbocycles. The van der Waals surface area contributed by atoms with E-state index in [0.29, 0.717) is 59.8 Å². The van der Waals surface area contributed by atoms with Gasteiger partial charge in [-0.1, -0.05) is 18.2 Å². The minimum atomic E-state index is -2.68. The summed E-state index contributed by atoms with van der Waals surface area (Å²) in [5.41, 5.74) is 1.24. The zero-order chi connectivity index (χ0) is 21.3. The summed E-state index contributed by atoms with van der Waals surface area (Å²) in [6.45, 7) is 2.23. The number of guanidine groups is 1. The smallest absolute Gasteiger partial charge is 0.253 e. The topological polar surface area (TPSA) is 83.8 Å². The van der Waals surface area contributed by atoms with Gasteiger partial charge in [0.1, 0.15) is 0 Å². The monoisotopic (exact) mass is 428 g/mol. The van der Waals surface area contributed by atoms with E-state index >= 15 is 0 Å². The van der Waals surface area contributed by atoms with Crippen molar-refractivity contribution >= 4 is 27.3 Å². The third-order valence-electron chi connectivity index (χ3n) is 5.22. The number of fused-ring (bicyclic) bond motifs is 1. The van der Waals surface area contributed by atoms with E-state index in [2.05, 4.69) is 9.36 Å². The highest BCUT2D eigenvalue weighted by Gasteiger charge is 2.28. The van der Waals surface area contributed by atoms with Crippen LogP contribution in [0.3, 0.4) is 0 Å². The Balaban J connectivity index is 1.56. The van der Waals surface area contributed by atoms with Gasteiger partial charge in [-0.3, -0.25) is 4.79 Å². The lowest BCUT2D eigenvalue weighted by Crippen LogP contribution is -2.50. The Kier molecular flexibility index (Phi) is 5.38. The Labute approximate surface area is 176 Å². The standard InChI is InChI=1S/C21H24N4O4S/c1-28-17-13-16-19(14-18(17)29-2)30(3,27)23-21(22-16)25-11-9-24(10-12-25)20(26)15-7-5-4-6-8-15/h4-8,13-14H,9-12H2,1-3H3. The van der Waals surface area contributed by atoms with Crippen molar-refractivity contribution in [3.05, 3.63) is 48.0 Å². The predicted octanol–water partition coefficient (Wildman–Crippen LogP) is 2.62. The summed E-state index contributed by atoms with van der Waals surface area (Å²) in [7, 11) is 0.400. The molecule has 2 aliphatic heterocycles. The van der Waals surface area contributed by atoms with Gasteiger partial charge in [0.2, 0.25) is 5.96 Å². The average Bonchev–Trinajstić information content (AvgIpc) is 2.78. The maximum atomic E-state index is 13.3. The molecule has 30 heavy (non-hydrogen) atoms. The Bertz CT molecular complexity index is 1120. The number of methoxy groups -OCH3 is 2. The largest absolute Gasteiger partial charge is 0.493 e. The fourth-order valence-electron chi connectivity index (χ4n) is 3.57. The number of hydrogen-bond donors (Lipinski definition) is 0. The van der Waals surface area contributed by atoms with Crippen molar-refractivity contribution in [1.82, 2.24) is 9.80 Å². The third kappa shape index (κ3) is 3.72. The first-order valence-corrected chi connectivity index (χ1v) is 11.5. The summed E-state index contributed by atoms with van der Waals surface area (Å²) in [5, 5.41) is 0. The molecule has 1 amide bonds. The molecule has 1 atom stereocenters. The van der Waals surface area contributed by atoms with Crippen LogP contribution in [0.5, 0.6) is 11.5 Å². The van der Waals surface area contributed by atoms with Crippen molar-refractivity contribution in [2.75, 3.05) is 46.7 Å². The fourth-order valence-corrected chi connectivity index (χ4v) is 4.96. The highest BCUT2D eigenvalue weighted by atomic mass is 32.2. The molecule has 0 radical (unpaired) electrons. The Morgan fingerprint density at radius 3 is 2.27 bits per heavy atom. The summed E-state index contributed by atoms with van der Waals surface area (Å²) in [4.78, 5) is 21.6. The molecule has 1 saturated heterocycles. The van der Waals surface area contributed by atoms with Gasteiger partial charge in [-0.05, 0) is 12.1 Å². The van der Waals surface area contributed by atoms with Crippen LogP contribution in [0.25, 0.3) is 0 Å². The molecule has 1 unspecified atom stereocenters. The van der Waals surface area contributed by atoms with Crippen LogP contribution in [0.2, 0.25) is 0 Å².